The topological polar surface area (TPSA) is 107 Å². The fourth-order valence-corrected chi connectivity index (χ4v) is 4.55. The van der Waals surface area contributed by atoms with Crippen LogP contribution in [0.25, 0.3) is 0 Å². The molecular formula is C21H23ClFN5O3. The highest BCUT2D eigenvalue weighted by atomic mass is 35.5. The Bertz CT molecular complexity index is 1090. The van der Waals surface area contributed by atoms with Crippen molar-refractivity contribution in [3.05, 3.63) is 45.0 Å². The lowest BCUT2D eigenvalue weighted by atomic mass is 9.91. The summed E-state index contributed by atoms with van der Waals surface area (Å²) in [4.78, 5) is 47.3. The Morgan fingerprint density at radius 3 is 2.65 bits per heavy atom. The first-order valence-electron chi connectivity index (χ1n) is 10.2. The Morgan fingerprint density at radius 2 is 1.97 bits per heavy atom. The summed E-state index contributed by atoms with van der Waals surface area (Å²) in [7, 11) is 0. The van der Waals surface area contributed by atoms with Gasteiger partial charge in [-0.2, -0.15) is 4.98 Å². The maximum absolute atomic E-state index is 13.4. The molecule has 1 saturated heterocycles. The van der Waals surface area contributed by atoms with Crippen molar-refractivity contribution in [3.63, 3.8) is 0 Å². The van der Waals surface area contributed by atoms with Crippen LogP contribution in [0.15, 0.2) is 23.0 Å². The molecule has 2 aliphatic rings. The van der Waals surface area contributed by atoms with Crippen molar-refractivity contribution in [1.29, 1.82) is 0 Å². The van der Waals surface area contributed by atoms with Gasteiger partial charge in [0.15, 0.2) is 0 Å². The van der Waals surface area contributed by atoms with Gasteiger partial charge >= 0.3 is 0 Å². The van der Waals surface area contributed by atoms with Crippen LogP contribution in [-0.2, 0) is 9.59 Å². The van der Waals surface area contributed by atoms with Crippen molar-refractivity contribution >= 4 is 40.9 Å². The summed E-state index contributed by atoms with van der Waals surface area (Å²) >= 11 is 5.76. The molecule has 0 unspecified atom stereocenters. The van der Waals surface area contributed by atoms with Gasteiger partial charge in [0.25, 0.3) is 5.56 Å². The predicted molar refractivity (Wildman–Crippen MR) is 116 cm³/mol. The van der Waals surface area contributed by atoms with Crippen LogP contribution in [0.3, 0.4) is 0 Å². The minimum absolute atomic E-state index is 0.0955. The number of carbonyl (C=O) groups is 2. The first-order valence-corrected chi connectivity index (χ1v) is 10.5. The monoisotopic (exact) mass is 447 g/mol. The molecular weight excluding hydrogens is 425 g/mol. The minimum Gasteiger partial charge on any atom is -0.342 e. The summed E-state index contributed by atoms with van der Waals surface area (Å²) in [5.41, 5.74) is -0.100. The third kappa shape index (κ3) is 4.41. The largest absolute Gasteiger partial charge is 0.342 e. The van der Waals surface area contributed by atoms with E-state index < -0.39 is 29.1 Å². The number of hydrogen-bond acceptors (Lipinski definition) is 5. The van der Waals surface area contributed by atoms with E-state index in [9.17, 15) is 18.8 Å². The number of piperidine rings is 1. The lowest BCUT2D eigenvalue weighted by molar-refractivity contribution is -0.123. The lowest BCUT2D eigenvalue weighted by Gasteiger charge is -2.35. The molecule has 1 fully saturated rings. The molecule has 2 aliphatic heterocycles. The zero-order valence-electron chi connectivity index (χ0n) is 17.2. The Kier molecular flexibility index (Phi) is 5.70. The number of H-pyrrole nitrogens is 1. The first kappa shape index (κ1) is 21.3. The number of hydrogen-bond donors (Lipinski definition) is 3. The molecule has 1 aromatic heterocycles. The van der Waals surface area contributed by atoms with Crippen LogP contribution in [0, 0.1) is 17.7 Å². The fourth-order valence-electron chi connectivity index (χ4n) is 4.37. The molecule has 3 heterocycles. The zero-order chi connectivity index (χ0) is 22.3. The highest BCUT2D eigenvalue weighted by Gasteiger charge is 2.35. The molecule has 2 aromatic rings. The number of carbonyl (C=O) groups excluding carboxylic acids is 2. The number of fused-ring (bicyclic) bond motifs is 1. The standard InChI is InChI=1S/C21H23ClFN5O3/c1-10-5-11(2)9-28(8-10)21-26-18-17(20(31)27-21)13(7-16(29)25-18)19(30)24-12-3-4-15(23)14(22)6-12/h3-4,6,10-11,13H,5,7-9H2,1-2H3,(H,24,30)(H2,25,26,27,29,31)/t10-,11+,13-/m1/s1. The van der Waals surface area contributed by atoms with Gasteiger partial charge < -0.3 is 15.5 Å². The van der Waals surface area contributed by atoms with E-state index >= 15 is 0 Å². The zero-order valence-corrected chi connectivity index (χ0v) is 17.9. The third-order valence-corrected chi connectivity index (χ3v) is 5.90. The molecule has 8 nitrogen and oxygen atoms in total. The van der Waals surface area contributed by atoms with Gasteiger partial charge in [0.1, 0.15) is 11.6 Å². The quantitative estimate of drug-likeness (QED) is 0.670. The Hall–Kier alpha value is -2.94. The average molecular weight is 448 g/mol. The van der Waals surface area contributed by atoms with Crippen LogP contribution >= 0.6 is 11.6 Å². The van der Waals surface area contributed by atoms with Gasteiger partial charge in [-0.05, 0) is 36.5 Å². The van der Waals surface area contributed by atoms with Gasteiger partial charge in [0, 0.05) is 25.2 Å². The molecule has 0 spiro atoms. The molecule has 0 aliphatic carbocycles. The van der Waals surface area contributed by atoms with Crippen molar-refractivity contribution in [2.45, 2.75) is 32.6 Å². The summed E-state index contributed by atoms with van der Waals surface area (Å²) < 4.78 is 13.4. The number of nitrogens with zero attached hydrogens (tertiary/aromatic N) is 2. The number of amides is 2. The predicted octanol–water partition coefficient (Wildman–Crippen LogP) is 3.11. The number of nitrogens with one attached hydrogen (secondary N) is 3. The van der Waals surface area contributed by atoms with Crippen molar-refractivity contribution in [2.24, 2.45) is 11.8 Å². The van der Waals surface area contributed by atoms with Crippen LogP contribution in [0.5, 0.6) is 0 Å². The molecule has 1 aromatic carbocycles. The maximum Gasteiger partial charge on any atom is 0.258 e. The highest BCUT2D eigenvalue weighted by Crippen LogP contribution is 2.32. The van der Waals surface area contributed by atoms with E-state index in [1.807, 2.05) is 4.90 Å². The SMILES string of the molecule is C[C@@H]1C[C@H](C)CN(c2nc3c(c(=O)[nH]2)[C@H](C(=O)Nc2ccc(F)c(Cl)c2)CC(=O)N3)C1. The molecule has 0 saturated carbocycles. The molecule has 0 radical (unpaired) electrons. The minimum atomic E-state index is -1.03. The Balaban J connectivity index is 1.64. The number of anilines is 3. The van der Waals surface area contributed by atoms with Gasteiger partial charge in [0.05, 0.1) is 16.5 Å². The normalized spacial score (nSPS) is 23.2. The van der Waals surface area contributed by atoms with E-state index in [0.717, 1.165) is 25.6 Å². The van der Waals surface area contributed by atoms with Crippen LogP contribution in [0.2, 0.25) is 5.02 Å². The van der Waals surface area contributed by atoms with Crippen LogP contribution in [0.4, 0.5) is 21.8 Å². The van der Waals surface area contributed by atoms with Crippen LogP contribution < -0.4 is 21.1 Å². The number of aromatic amines is 1. The Labute approximate surface area is 183 Å². The van der Waals surface area contributed by atoms with Gasteiger partial charge in [0.2, 0.25) is 17.8 Å². The maximum atomic E-state index is 13.4. The fraction of sp³-hybridized carbons (Fsp3) is 0.429. The summed E-state index contributed by atoms with van der Waals surface area (Å²) in [6, 6.07) is 3.75. The molecule has 3 N–H and O–H groups in total. The van der Waals surface area contributed by atoms with Crippen LogP contribution in [0.1, 0.15) is 38.2 Å². The summed E-state index contributed by atoms with van der Waals surface area (Å²) in [6.07, 6.45) is 0.897. The number of rotatable bonds is 3. The molecule has 4 rings (SSSR count). The number of aromatic nitrogens is 2. The second-order valence-electron chi connectivity index (χ2n) is 8.43. The van der Waals surface area contributed by atoms with Gasteiger partial charge in [-0.15, -0.1) is 0 Å². The van der Waals surface area contributed by atoms with E-state index in [1.54, 1.807) is 0 Å². The average Bonchev–Trinajstić information content (AvgIpc) is 2.69. The molecule has 2 amide bonds. The highest BCUT2D eigenvalue weighted by molar-refractivity contribution is 6.31. The number of halogens is 2. The smallest absolute Gasteiger partial charge is 0.258 e. The molecule has 164 valence electrons. The lowest BCUT2D eigenvalue weighted by Crippen LogP contribution is -2.42. The molecule has 10 heteroatoms. The molecule has 3 atom stereocenters. The molecule has 0 bridgehead atoms. The van der Waals surface area contributed by atoms with E-state index in [2.05, 4.69) is 34.4 Å². The van der Waals surface area contributed by atoms with Gasteiger partial charge in [-0.1, -0.05) is 25.4 Å². The van der Waals surface area contributed by atoms with E-state index in [0.29, 0.717) is 17.8 Å². The van der Waals surface area contributed by atoms with Gasteiger partial charge in [-0.25, -0.2) is 4.39 Å². The van der Waals surface area contributed by atoms with E-state index in [4.69, 9.17) is 11.6 Å². The molecule has 31 heavy (non-hydrogen) atoms. The number of benzene rings is 1. The van der Waals surface area contributed by atoms with Crippen molar-refractivity contribution in [2.75, 3.05) is 28.6 Å². The summed E-state index contributed by atoms with van der Waals surface area (Å²) in [5, 5.41) is 5.07. The second kappa shape index (κ2) is 8.30. The van der Waals surface area contributed by atoms with Crippen molar-refractivity contribution < 1.29 is 14.0 Å². The first-order chi connectivity index (χ1) is 14.7. The Morgan fingerprint density at radius 1 is 1.26 bits per heavy atom. The van der Waals surface area contributed by atoms with E-state index in [-0.39, 0.29) is 28.5 Å². The van der Waals surface area contributed by atoms with Crippen LogP contribution in [-0.4, -0.2) is 34.9 Å². The van der Waals surface area contributed by atoms with Crippen molar-refractivity contribution in [3.8, 4) is 0 Å². The second-order valence-corrected chi connectivity index (χ2v) is 8.83. The van der Waals surface area contributed by atoms with Gasteiger partial charge in [-0.3, -0.25) is 19.4 Å². The van der Waals surface area contributed by atoms with Crippen molar-refractivity contribution in [1.82, 2.24) is 9.97 Å². The third-order valence-electron chi connectivity index (χ3n) is 5.61. The summed E-state index contributed by atoms with van der Waals surface area (Å²) in [6.45, 7) is 5.77. The van der Waals surface area contributed by atoms with E-state index in [1.165, 1.54) is 12.1 Å². The summed E-state index contributed by atoms with van der Waals surface area (Å²) in [5.74, 6) is -1.25.